The van der Waals surface area contributed by atoms with Gasteiger partial charge in [-0.3, -0.25) is 4.79 Å². The van der Waals surface area contributed by atoms with Crippen molar-refractivity contribution in [2.24, 2.45) is 5.41 Å². The molecule has 0 aromatic carbocycles. The Morgan fingerprint density at radius 2 is 2.21 bits per heavy atom. The predicted molar refractivity (Wildman–Crippen MR) is 79.7 cm³/mol. The molecular formula is C14H23N3OS. The summed E-state index contributed by atoms with van der Waals surface area (Å²) in [5, 5.41) is 9.10. The number of hydrogen-bond donors (Lipinski definition) is 2. The van der Waals surface area contributed by atoms with E-state index in [0.717, 1.165) is 43.2 Å². The molecule has 1 aromatic heterocycles. The van der Waals surface area contributed by atoms with Crippen LogP contribution in [0.15, 0.2) is 5.38 Å². The molecule has 1 aliphatic heterocycles. The molecule has 0 spiro atoms. The van der Waals surface area contributed by atoms with Crippen LogP contribution in [0.1, 0.15) is 51.6 Å². The molecular weight excluding hydrogens is 258 g/mol. The summed E-state index contributed by atoms with van der Waals surface area (Å²) in [6, 6.07) is 0. The van der Waals surface area contributed by atoms with Crippen LogP contribution >= 0.6 is 11.3 Å². The van der Waals surface area contributed by atoms with Crippen molar-refractivity contribution in [1.82, 2.24) is 10.3 Å². The third kappa shape index (κ3) is 3.15. The van der Waals surface area contributed by atoms with Gasteiger partial charge in [-0.25, -0.2) is 4.98 Å². The Morgan fingerprint density at radius 1 is 1.53 bits per heavy atom. The zero-order valence-corrected chi connectivity index (χ0v) is 12.8. The minimum absolute atomic E-state index is 0.140. The molecule has 2 heterocycles. The highest BCUT2D eigenvalue weighted by molar-refractivity contribution is 7.13. The van der Waals surface area contributed by atoms with E-state index in [0.29, 0.717) is 5.92 Å². The average Bonchev–Trinajstić information content (AvgIpc) is 2.88. The highest BCUT2D eigenvalue weighted by atomic mass is 32.1. The Hall–Kier alpha value is -0.940. The largest absolute Gasteiger partial charge is 0.317 e. The molecule has 1 aromatic rings. The van der Waals surface area contributed by atoms with Crippen LogP contribution < -0.4 is 10.6 Å². The molecule has 0 unspecified atom stereocenters. The number of carbonyl (C=O) groups excluding carboxylic acids is 1. The second-order valence-corrected chi connectivity index (χ2v) is 6.43. The summed E-state index contributed by atoms with van der Waals surface area (Å²) < 4.78 is 0. The Morgan fingerprint density at radius 3 is 2.74 bits per heavy atom. The highest BCUT2D eigenvalue weighted by Crippen LogP contribution is 2.34. The van der Waals surface area contributed by atoms with Gasteiger partial charge in [-0.2, -0.15) is 0 Å². The molecule has 1 amide bonds. The maximum Gasteiger partial charge on any atom is 0.232 e. The molecule has 5 heteroatoms. The molecule has 1 saturated heterocycles. The lowest BCUT2D eigenvalue weighted by atomic mass is 9.76. The maximum absolute atomic E-state index is 12.5. The first-order chi connectivity index (χ1) is 9.07. The van der Waals surface area contributed by atoms with E-state index in [-0.39, 0.29) is 11.3 Å². The molecule has 4 nitrogen and oxygen atoms in total. The van der Waals surface area contributed by atoms with Gasteiger partial charge in [0.1, 0.15) is 0 Å². The molecule has 0 saturated carbocycles. The minimum Gasteiger partial charge on any atom is -0.317 e. The fourth-order valence-corrected chi connectivity index (χ4v) is 3.35. The molecule has 1 fully saturated rings. The number of nitrogens with zero attached hydrogens (tertiary/aromatic N) is 1. The van der Waals surface area contributed by atoms with E-state index in [1.807, 2.05) is 5.38 Å². The summed E-state index contributed by atoms with van der Waals surface area (Å²) in [5.41, 5.74) is 0.839. The van der Waals surface area contributed by atoms with E-state index in [2.05, 4.69) is 36.4 Å². The van der Waals surface area contributed by atoms with Crippen LogP contribution in [-0.4, -0.2) is 24.0 Å². The molecule has 19 heavy (non-hydrogen) atoms. The smallest absolute Gasteiger partial charge is 0.232 e. The summed E-state index contributed by atoms with van der Waals surface area (Å²) in [7, 11) is 0. The van der Waals surface area contributed by atoms with Crippen molar-refractivity contribution in [3.05, 3.63) is 11.1 Å². The first-order valence-electron chi connectivity index (χ1n) is 7.05. The first-order valence-corrected chi connectivity index (χ1v) is 7.93. The summed E-state index contributed by atoms with van der Waals surface area (Å²) in [5.74, 6) is 0.544. The second-order valence-electron chi connectivity index (χ2n) is 5.57. The number of piperidine rings is 1. The van der Waals surface area contributed by atoms with Gasteiger partial charge in [0, 0.05) is 5.38 Å². The number of anilines is 1. The Kier molecular flexibility index (Phi) is 4.58. The van der Waals surface area contributed by atoms with Crippen molar-refractivity contribution in [2.75, 3.05) is 18.4 Å². The van der Waals surface area contributed by atoms with Gasteiger partial charge in [0.2, 0.25) is 5.91 Å². The summed E-state index contributed by atoms with van der Waals surface area (Å²) >= 11 is 1.52. The standard InChI is InChI=1S/C14H23N3OS/c1-4-14(5-7-15-8-6-14)12(18)17-13-16-11(9-19-13)10(2)3/h9-10,15H,4-8H2,1-3H3,(H,16,17,18). The van der Waals surface area contributed by atoms with E-state index in [1.54, 1.807) is 0 Å². The number of thiazole rings is 1. The van der Waals surface area contributed by atoms with Crippen LogP contribution in [0.5, 0.6) is 0 Å². The zero-order chi connectivity index (χ0) is 13.9. The van der Waals surface area contributed by atoms with Crippen LogP contribution in [0.3, 0.4) is 0 Å². The Bertz CT molecular complexity index is 436. The SMILES string of the molecule is CCC1(C(=O)Nc2nc(C(C)C)cs2)CCNCC1. The normalized spacial score (nSPS) is 18.5. The van der Waals surface area contributed by atoms with Crippen molar-refractivity contribution in [1.29, 1.82) is 0 Å². The summed E-state index contributed by atoms with van der Waals surface area (Å²) in [6.07, 6.45) is 2.72. The fraction of sp³-hybridized carbons (Fsp3) is 0.714. The van der Waals surface area contributed by atoms with Crippen LogP contribution in [0.4, 0.5) is 5.13 Å². The van der Waals surface area contributed by atoms with Crippen LogP contribution in [-0.2, 0) is 4.79 Å². The topological polar surface area (TPSA) is 54.0 Å². The molecule has 0 radical (unpaired) electrons. The van der Waals surface area contributed by atoms with E-state index < -0.39 is 0 Å². The highest BCUT2D eigenvalue weighted by Gasteiger charge is 2.38. The van der Waals surface area contributed by atoms with Gasteiger partial charge in [0.05, 0.1) is 11.1 Å². The average molecular weight is 281 g/mol. The first kappa shape index (κ1) is 14.5. The lowest BCUT2D eigenvalue weighted by Crippen LogP contribution is -2.44. The minimum atomic E-state index is -0.213. The quantitative estimate of drug-likeness (QED) is 0.892. The van der Waals surface area contributed by atoms with Crippen molar-refractivity contribution < 1.29 is 4.79 Å². The summed E-state index contributed by atoms with van der Waals surface area (Å²) in [4.78, 5) is 17.0. The van der Waals surface area contributed by atoms with Gasteiger partial charge in [-0.15, -0.1) is 11.3 Å². The van der Waals surface area contributed by atoms with Gasteiger partial charge < -0.3 is 10.6 Å². The molecule has 1 aliphatic rings. The van der Waals surface area contributed by atoms with Crippen LogP contribution in [0, 0.1) is 5.41 Å². The number of hydrogen-bond acceptors (Lipinski definition) is 4. The Labute approximate surface area is 119 Å². The number of aromatic nitrogens is 1. The van der Waals surface area contributed by atoms with E-state index >= 15 is 0 Å². The predicted octanol–water partition coefficient (Wildman–Crippen LogP) is 2.98. The number of nitrogens with one attached hydrogen (secondary N) is 2. The molecule has 2 N–H and O–H groups in total. The molecule has 0 atom stereocenters. The number of amides is 1. The van der Waals surface area contributed by atoms with Crippen molar-refractivity contribution >= 4 is 22.4 Å². The van der Waals surface area contributed by atoms with Gasteiger partial charge >= 0.3 is 0 Å². The summed E-state index contributed by atoms with van der Waals surface area (Å²) in [6.45, 7) is 8.18. The fourth-order valence-electron chi connectivity index (χ4n) is 2.48. The van der Waals surface area contributed by atoms with Crippen molar-refractivity contribution in [3.63, 3.8) is 0 Å². The van der Waals surface area contributed by atoms with Gasteiger partial charge in [0.25, 0.3) is 0 Å². The maximum atomic E-state index is 12.5. The van der Waals surface area contributed by atoms with E-state index in [1.165, 1.54) is 11.3 Å². The lowest BCUT2D eigenvalue weighted by Gasteiger charge is -2.34. The van der Waals surface area contributed by atoms with Gasteiger partial charge in [-0.05, 0) is 38.3 Å². The third-order valence-corrected chi connectivity index (χ3v) is 4.83. The zero-order valence-electron chi connectivity index (χ0n) is 12.0. The van der Waals surface area contributed by atoms with Gasteiger partial charge in [-0.1, -0.05) is 20.8 Å². The van der Waals surface area contributed by atoms with Crippen molar-refractivity contribution in [3.8, 4) is 0 Å². The lowest BCUT2D eigenvalue weighted by molar-refractivity contribution is -0.127. The molecule has 106 valence electrons. The van der Waals surface area contributed by atoms with Crippen molar-refractivity contribution in [2.45, 2.75) is 46.0 Å². The second kappa shape index (κ2) is 6.01. The third-order valence-electron chi connectivity index (χ3n) is 4.05. The van der Waals surface area contributed by atoms with Crippen LogP contribution in [0.25, 0.3) is 0 Å². The van der Waals surface area contributed by atoms with Gasteiger partial charge in [0.15, 0.2) is 5.13 Å². The number of rotatable bonds is 4. The van der Waals surface area contributed by atoms with E-state index in [9.17, 15) is 4.79 Å². The Balaban J connectivity index is 2.06. The van der Waals surface area contributed by atoms with Crippen LogP contribution in [0.2, 0.25) is 0 Å². The molecule has 0 bridgehead atoms. The molecule has 0 aliphatic carbocycles. The monoisotopic (exact) mass is 281 g/mol. The van der Waals surface area contributed by atoms with E-state index in [4.69, 9.17) is 0 Å². The molecule has 2 rings (SSSR count). The number of carbonyl (C=O) groups is 1.